The Hall–Kier alpha value is -1.15. The number of hydrogen-bond acceptors (Lipinski definition) is 6. The first kappa shape index (κ1) is 13.3. The van der Waals surface area contributed by atoms with Crippen molar-refractivity contribution < 1.29 is 10.0 Å². The molecule has 0 bridgehead atoms. The van der Waals surface area contributed by atoms with E-state index in [0.29, 0.717) is 14.1 Å². The molecule has 8 heteroatoms. The van der Waals surface area contributed by atoms with E-state index in [2.05, 4.69) is 4.98 Å². The molecule has 1 aromatic carbocycles. The molecule has 1 aromatic heterocycles. The van der Waals surface area contributed by atoms with Gasteiger partial charge in [-0.05, 0) is 6.07 Å². The van der Waals surface area contributed by atoms with Crippen LogP contribution in [0.5, 0.6) is 0 Å². The number of rotatable bonds is 4. The molecule has 1 N–H and O–H groups in total. The first-order chi connectivity index (χ1) is 8.61. The lowest BCUT2D eigenvalue weighted by Crippen LogP contribution is -1.89. The number of aliphatic hydroxyl groups excluding tert-OH is 1. The van der Waals surface area contributed by atoms with Crippen LogP contribution in [0.15, 0.2) is 33.5 Å². The van der Waals surface area contributed by atoms with E-state index >= 15 is 0 Å². The lowest BCUT2D eigenvalue weighted by molar-refractivity contribution is -0.387. The van der Waals surface area contributed by atoms with Gasteiger partial charge in [-0.1, -0.05) is 35.5 Å². The smallest absolute Gasteiger partial charge is 0.283 e. The summed E-state index contributed by atoms with van der Waals surface area (Å²) in [7, 11) is 0. The molecule has 0 aliphatic carbocycles. The van der Waals surface area contributed by atoms with Gasteiger partial charge in [0.15, 0.2) is 4.34 Å². The van der Waals surface area contributed by atoms with Gasteiger partial charge in [0.1, 0.15) is 5.15 Å². The predicted molar refractivity (Wildman–Crippen MR) is 70.3 cm³/mol. The zero-order valence-corrected chi connectivity index (χ0v) is 11.3. The van der Waals surface area contributed by atoms with E-state index in [1.54, 1.807) is 18.2 Å². The molecule has 2 rings (SSSR count). The minimum absolute atomic E-state index is 0.0272. The van der Waals surface area contributed by atoms with Gasteiger partial charge in [-0.15, -0.1) is 11.3 Å². The van der Waals surface area contributed by atoms with E-state index in [9.17, 15) is 10.1 Å². The van der Waals surface area contributed by atoms with Crippen molar-refractivity contribution in [2.75, 3.05) is 0 Å². The second kappa shape index (κ2) is 5.66. The van der Waals surface area contributed by atoms with Crippen LogP contribution in [0.4, 0.5) is 5.69 Å². The monoisotopic (exact) mass is 302 g/mol. The highest BCUT2D eigenvalue weighted by molar-refractivity contribution is 8.01. The van der Waals surface area contributed by atoms with Gasteiger partial charge in [-0.2, -0.15) is 0 Å². The second-order valence-corrected chi connectivity index (χ2v) is 5.91. The van der Waals surface area contributed by atoms with Crippen LogP contribution < -0.4 is 0 Å². The molecule has 0 unspecified atom stereocenters. The third kappa shape index (κ3) is 2.81. The first-order valence-electron chi connectivity index (χ1n) is 4.79. The van der Waals surface area contributed by atoms with Gasteiger partial charge in [-0.25, -0.2) is 4.98 Å². The zero-order valence-electron chi connectivity index (χ0n) is 8.87. The number of nitrogens with zero attached hydrogens (tertiary/aromatic N) is 2. The van der Waals surface area contributed by atoms with Crippen molar-refractivity contribution >= 4 is 40.4 Å². The third-order valence-electron chi connectivity index (χ3n) is 2.03. The van der Waals surface area contributed by atoms with Gasteiger partial charge in [0, 0.05) is 6.07 Å². The number of aliphatic hydroxyl groups is 1. The number of nitro groups is 1. The molecule has 0 saturated carbocycles. The lowest BCUT2D eigenvalue weighted by Gasteiger charge is -1.98. The van der Waals surface area contributed by atoms with Crippen molar-refractivity contribution in [3.05, 3.63) is 44.4 Å². The number of para-hydroxylation sites is 1. The van der Waals surface area contributed by atoms with Gasteiger partial charge in [0.2, 0.25) is 0 Å². The minimum atomic E-state index is -0.440. The molecule has 0 fully saturated rings. The van der Waals surface area contributed by atoms with E-state index in [0.717, 1.165) is 11.8 Å². The Balaban J connectivity index is 2.31. The lowest BCUT2D eigenvalue weighted by atomic mass is 10.3. The number of halogens is 1. The molecule has 0 spiro atoms. The Bertz CT molecular complexity index is 588. The summed E-state index contributed by atoms with van der Waals surface area (Å²) in [6.45, 7) is -0.187. The summed E-state index contributed by atoms with van der Waals surface area (Å²) < 4.78 is 0.568. The van der Waals surface area contributed by atoms with Crippen LogP contribution in [0.2, 0.25) is 5.15 Å². The van der Waals surface area contributed by atoms with Gasteiger partial charge < -0.3 is 5.11 Å². The number of aromatic nitrogens is 1. The average Bonchev–Trinajstić information content (AvgIpc) is 2.70. The molecule has 0 radical (unpaired) electrons. The molecular formula is C10H7ClN2O3S2. The summed E-state index contributed by atoms with van der Waals surface area (Å²) in [6.07, 6.45) is 0. The molecule has 2 aromatic rings. The molecule has 0 saturated heterocycles. The molecule has 94 valence electrons. The quantitative estimate of drug-likeness (QED) is 0.692. The summed E-state index contributed by atoms with van der Waals surface area (Å²) in [5.41, 5.74) is 0.0272. The van der Waals surface area contributed by atoms with Crippen molar-refractivity contribution in [2.24, 2.45) is 0 Å². The molecule has 18 heavy (non-hydrogen) atoms. The highest BCUT2D eigenvalue weighted by atomic mass is 35.5. The fourth-order valence-electron chi connectivity index (χ4n) is 1.24. The minimum Gasteiger partial charge on any atom is -0.391 e. The van der Waals surface area contributed by atoms with E-state index in [1.807, 2.05) is 0 Å². The average molecular weight is 303 g/mol. The molecule has 5 nitrogen and oxygen atoms in total. The van der Waals surface area contributed by atoms with Crippen LogP contribution in [0.3, 0.4) is 0 Å². The summed E-state index contributed by atoms with van der Waals surface area (Å²) in [4.78, 5) is 15.5. The fourth-order valence-corrected chi connectivity index (χ4v) is 3.60. The maximum Gasteiger partial charge on any atom is 0.283 e. The Kier molecular flexibility index (Phi) is 4.18. The third-order valence-corrected chi connectivity index (χ3v) is 4.62. The van der Waals surface area contributed by atoms with E-state index in [-0.39, 0.29) is 17.4 Å². The largest absolute Gasteiger partial charge is 0.391 e. The number of benzene rings is 1. The maximum absolute atomic E-state index is 10.8. The number of thiazole rings is 1. The van der Waals surface area contributed by atoms with E-state index < -0.39 is 4.92 Å². The van der Waals surface area contributed by atoms with Crippen molar-refractivity contribution in [2.45, 2.75) is 15.8 Å². The molecule has 0 aliphatic heterocycles. The van der Waals surface area contributed by atoms with Crippen molar-refractivity contribution in [3.63, 3.8) is 0 Å². The Labute approximate surface area is 116 Å². The topological polar surface area (TPSA) is 76.3 Å². The summed E-state index contributed by atoms with van der Waals surface area (Å²) in [6, 6.07) is 6.41. The van der Waals surface area contributed by atoms with Crippen LogP contribution in [-0.4, -0.2) is 15.0 Å². The Morgan fingerprint density at radius 2 is 2.22 bits per heavy atom. The van der Waals surface area contributed by atoms with Crippen LogP contribution >= 0.6 is 34.7 Å². The van der Waals surface area contributed by atoms with Crippen LogP contribution in [0.1, 0.15) is 4.88 Å². The Morgan fingerprint density at radius 3 is 2.83 bits per heavy atom. The molecule has 0 atom stereocenters. The van der Waals surface area contributed by atoms with Crippen LogP contribution in [-0.2, 0) is 6.61 Å². The molecule has 0 amide bonds. The summed E-state index contributed by atoms with van der Waals surface area (Å²) in [5.74, 6) is 0. The van der Waals surface area contributed by atoms with Crippen LogP contribution in [0.25, 0.3) is 0 Å². The summed E-state index contributed by atoms with van der Waals surface area (Å²) >= 11 is 8.19. The standard InChI is InChI=1S/C10H7ClN2O3S2/c11-9-8(5-14)18-10(12-9)17-7-4-2-1-3-6(7)13(15)16/h1-4,14H,5H2. The van der Waals surface area contributed by atoms with Gasteiger partial charge in [-0.3, -0.25) is 10.1 Å². The normalized spacial score (nSPS) is 10.6. The Morgan fingerprint density at radius 1 is 1.50 bits per heavy atom. The van der Waals surface area contributed by atoms with Crippen molar-refractivity contribution in [3.8, 4) is 0 Å². The van der Waals surface area contributed by atoms with Gasteiger partial charge in [0.25, 0.3) is 5.69 Å². The molecule has 0 aliphatic rings. The van der Waals surface area contributed by atoms with Gasteiger partial charge >= 0.3 is 0 Å². The summed E-state index contributed by atoms with van der Waals surface area (Å²) in [5, 5.41) is 20.1. The highest BCUT2D eigenvalue weighted by Gasteiger charge is 2.16. The fraction of sp³-hybridized carbons (Fsp3) is 0.100. The predicted octanol–water partition coefficient (Wildman–Crippen LogP) is 3.35. The van der Waals surface area contributed by atoms with Crippen molar-refractivity contribution in [1.82, 2.24) is 4.98 Å². The molecular weight excluding hydrogens is 296 g/mol. The van der Waals surface area contributed by atoms with E-state index in [1.165, 1.54) is 17.4 Å². The number of nitro benzene ring substituents is 1. The van der Waals surface area contributed by atoms with Crippen molar-refractivity contribution in [1.29, 1.82) is 0 Å². The second-order valence-electron chi connectivity index (χ2n) is 3.18. The van der Waals surface area contributed by atoms with E-state index in [4.69, 9.17) is 16.7 Å². The SMILES string of the molecule is O=[N+]([O-])c1ccccc1Sc1nc(Cl)c(CO)s1. The number of hydrogen-bond donors (Lipinski definition) is 1. The molecule has 1 heterocycles. The van der Waals surface area contributed by atoms with Crippen LogP contribution in [0, 0.1) is 10.1 Å². The van der Waals surface area contributed by atoms with Gasteiger partial charge in [0.05, 0.1) is 21.3 Å². The maximum atomic E-state index is 10.8. The zero-order chi connectivity index (χ0) is 13.1. The highest BCUT2D eigenvalue weighted by Crippen LogP contribution is 2.38. The first-order valence-corrected chi connectivity index (χ1v) is 6.80.